The van der Waals surface area contributed by atoms with Gasteiger partial charge in [-0.25, -0.2) is 4.39 Å². The third-order valence-corrected chi connectivity index (χ3v) is 5.29. The summed E-state index contributed by atoms with van der Waals surface area (Å²) in [5, 5.41) is 3.23. The molecule has 32 heavy (non-hydrogen) atoms. The van der Waals surface area contributed by atoms with Crippen LogP contribution in [0.4, 0.5) is 16.3 Å². The quantitative estimate of drug-likeness (QED) is 0.776. The standard InChI is InChI=1S/C24H28FN7/c1-3-6-19-16-22(26-17-19)28-23-27-21(10-9-18-7-4-8-20(25)15-18)29-24(30-23)32-12-5-11-31(2)13-14-32/h3-4,6-10,15-16H,5,11-14,17H2,1-2H3,(H,26,27,28,29,30)/b6-3+,10-9+. The summed E-state index contributed by atoms with van der Waals surface area (Å²) in [6.45, 7) is 6.35. The number of rotatable bonds is 5. The number of allylic oxidation sites excluding steroid dienone is 1. The monoisotopic (exact) mass is 433 g/mol. The summed E-state index contributed by atoms with van der Waals surface area (Å²) < 4.78 is 13.5. The van der Waals surface area contributed by atoms with Crippen LogP contribution in [-0.2, 0) is 0 Å². The summed E-state index contributed by atoms with van der Waals surface area (Å²) in [6.07, 6.45) is 10.7. The van der Waals surface area contributed by atoms with Crippen LogP contribution in [0.1, 0.15) is 24.7 Å². The van der Waals surface area contributed by atoms with Crippen LogP contribution < -0.4 is 10.2 Å². The van der Waals surface area contributed by atoms with E-state index >= 15 is 0 Å². The van der Waals surface area contributed by atoms with Crippen molar-refractivity contribution < 1.29 is 4.39 Å². The Hall–Kier alpha value is -3.39. The Kier molecular flexibility index (Phi) is 7.01. The van der Waals surface area contributed by atoms with Crippen LogP contribution in [0, 0.1) is 5.82 Å². The Balaban J connectivity index is 1.62. The Labute approximate surface area is 188 Å². The minimum atomic E-state index is -0.275. The van der Waals surface area contributed by atoms with E-state index in [1.807, 2.05) is 31.2 Å². The number of halogens is 1. The van der Waals surface area contributed by atoms with Gasteiger partial charge in [0.05, 0.1) is 6.54 Å². The van der Waals surface area contributed by atoms with Crippen LogP contribution in [-0.4, -0.2) is 65.5 Å². The van der Waals surface area contributed by atoms with E-state index in [-0.39, 0.29) is 5.82 Å². The van der Waals surface area contributed by atoms with E-state index in [9.17, 15) is 4.39 Å². The first-order chi connectivity index (χ1) is 15.6. The van der Waals surface area contributed by atoms with Crippen molar-refractivity contribution in [2.75, 3.05) is 50.0 Å². The maximum Gasteiger partial charge on any atom is 0.233 e. The SMILES string of the molecule is C/C=C/C1=CC(Nc2nc(/C=C/c3cccc(F)c3)nc(N3CCCN(C)CC3)n2)=NC1. The average molecular weight is 434 g/mol. The Morgan fingerprint density at radius 1 is 1.03 bits per heavy atom. The molecule has 166 valence electrons. The van der Waals surface area contributed by atoms with Gasteiger partial charge in [0.15, 0.2) is 5.82 Å². The van der Waals surface area contributed by atoms with Gasteiger partial charge in [-0.05, 0) is 62.4 Å². The molecule has 8 heteroatoms. The normalized spacial score (nSPS) is 17.7. The molecule has 7 nitrogen and oxygen atoms in total. The first-order valence-corrected chi connectivity index (χ1v) is 10.9. The number of aliphatic imine (C=N–C) groups is 1. The maximum absolute atomic E-state index is 13.5. The average Bonchev–Trinajstić information content (AvgIpc) is 3.09. The number of amidine groups is 1. The van der Waals surface area contributed by atoms with E-state index in [0.29, 0.717) is 24.3 Å². The van der Waals surface area contributed by atoms with Crippen LogP contribution >= 0.6 is 0 Å². The van der Waals surface area contributed by atoms with Gasteiger partial charge in [-0.1, -0.05) is 30.4 Å². The molecule has 1 fully saturated rings. The molecule has 1 N–H and O–H groups in total. The fourth-order valence-electron chi connectivity index (χ4n) is 3.63. The van der Waals surface area contributed by atoms with Crippen LogP contribution in [0.2, 0.25) is 0 Å². The predicted octanol–water partition coefficient (Wildman–Crippen LogP) is 3.65. The highest BCUT2D eigenvalue weighted by Crippen LogP contribution is 2.17. The van der Waals surface area contributed by atoms with Crippen molar-refractivity contribution in [3.05, 3.63) is 65.3 Å². The number of nitrogens with one attached hydrogen (secondary N) is 1. The third kappa shape index (κ3) is 5.85. The minimum Gasteiger partial charge on any atom is -0.339 e. The van der Waals surface area contributed by atoms with Gasteiger partial charge in [-0.2, -0.15) is 15.0 Å². The number of hydrogen-bond donors (Lipinski definition) is 1. The van der Waals surface area contributed by atoms with Gasteiger partial charge in [0.25, 0.3) is 0 Å². The van der Waals surface area contributed by atoms with E-state index in [0.717, 1.165) is 49.6 Å². The van der Waals surface area contributed by atoms with E-state index in [2.05, 4.69) is 42.1 Å². The lowest BCUT2D eigenvalue weighted by Gasteiger charge is -2.21. The molecule has 1 aromatic heterocycles. The zero-order chi connectivity index (χ0) is 22.3. The van der Waals surface area contributed by atoms with Crippen molar-refractivity contribution in [2.45, 2.75) is 13.3 Å². The van der Waals surface area contributed by atoms with E-state index in [1.165, 1.54) is 12.1 Å². The fourth-order valence-corrected chi connectivity index (χ4v) is 3.63. The molecule has 0 aliphatic carbocycles. The zero-order valence-corrected chi connectivity index (χ0v) is 18.5. The highest BCUT2D eigenvalue weighted by atomic mass is 19.1. The van der Waals surface area contributed by atoms with Crippen molar-refractivity contribution >= 4 is 29.9 Å². The second-order valence-corrected chi connectivity index (χ2v) is 7.90. The maximum atomic E-state index is 13.5. The van der Waals surface area contributed by atoms with Crippen molar-refractivity contribution in [2.24, 2.45) is 4.99 Å². The highest BCUT2D eigenvalue weighted by molar-refractivity contribution is 6.05. The number of likely N-dealkylation sites (N-methyl/N-ethyl adjacent to an activating group) is 1. The van der Waals surface area contributed by atoms with Gasteiger partial charge in [-0.15, -0.1) is 0 Å². The van der Waals surface area contributed by atoms with E-state index in [1.54, 1.807) is 18.2 Å². The highest BCUT2D eigenvalue weighted by Gasteiger charge is 2.17. The molecule has 2 aromatic rings. The van der Waals surface area contributed by atoms with Gasteiger partial charge in [0.1, 0.15) is 11.7 Å². The van der Waals surface area contributed by atoms with Crippen molar-refractivity contribution in [3.8, 4) is 0 Å². The molecular weight excluding hydrogens is 405 g/mol. The van der Waals surface area contributed by atoms with Crippen molar-refractivity contribution in [3.63, 3.8) is 0 Å². The van der Waals surface area contributed by atoms with E-state index in [4.69, 9.17) is 0 Å². The molecule has 0 atom stereocenters. The molecule has 1 aromatic carbocycles. The smallest absolute Gasteiger partial charge is 0.233 e. The third-order valence-electron chi connectivity index (χ3n) is 5.29. The number of benzene rings is 1. The summed E-state index contributed by atoms with van der Waals surface area (Å²) in [5.41, 5.74) is 1.88. The largest absolute Gasteiger partial charge is 0.339 e. The number of nitrogens with zero attached hydrogens (tertiary/aromatic N) is 6. The topological polar surface area (TPSA) is 69.5 Å². The molecule has 0 amide bonds. The van der Waals surface area contributed by atoms with Gasteiger partial charge < -0.3 is 15.1 Å². The second-order valence-electron chi connectivity index (χ2n) is 7.90. The Bertz CT molecular complexity index is 1070. The Morgan fingerprint density at radius 2 is 1.94 bits per heavy atom. The van der Waals surface area contributed by atoms with Gasteiger partial charge in [0, 0.05) is 19.6 Å². The Morgan fingerprint density at radius 3 is 2.78 bits per heavy atom. The molecule has 3 heterocycles. The lowest BCUT2D eigenvalue weighted by molar-refractivity contribution is 0.360. The molecule has 1 saturated heterocycles. The van der Waals surface area contributed by atoms with Crippen LogP contribution in [0.25, 0.3) is 12.2 Å². The number of hydrogen-bond acceptors (Lipinski definition) is 7. The molecule has 0 spiro atoms. The zero-order valence-electron chi connectivity index (χ0n) is 18.5. The summed E-state index contributed by atoms with van der Waals surface area (Å²) in [6, 6.07) is 6.42. The fraction of sp³-hybridized carbons (Fsp3) is 0.333. The number of anilines is 2. The predicted molar refractivity (Wildman–Crippen MR) is 128 cm³/mol. The lowest BCUT2D eigenvalue weighted by Crippen LogP contribution is -2.30. The van der Waals surface area contributed by atoms with Crippen molar-refractivity contribution in [1.82, 2.24) is 19.9 Å². The summed E-state index contributed by atoms with van der Waals surface area (Å²) >= 11 is 0. The summed E-state index contributed by atoms with van der Waals surface area (Å²) in [7, 11) is 2.13. The molecule has 4 rings (SSSR count). The summed E-state index contributed by atoms with van der Waals surface area (Å²) in [4.78, 5) is 22.9. The summed E-state index contributed by atoms with van der Waals surface area (Å²) in [5.74, 6) is 2.04. The van der Waals surface area contributed by atoms with Gasteiger partial charge in [-0.3, -0.25) is 4.99 Å². The van der Waals surface area contributed by atoms with Gasteiger partial charge >= 0.3 is 0 Å². The minimum absolute atomic E-state index is 0.275. The molecule has 0 radical (unpaired) electrons. The van der Waals surface area contributed by atoms with Crippen LogP contribution in [0.5, 0.6) is 0 Å². The molecular formula is C24H28FN7. The first-order valence-electron chi connectivity index (χ1n) is 10.9. The molecule has 0 unspecified atom stereocenters. The van der Waals surface area contributed by atoms with Gasteiger partial charge in [0.2, 0.25) is 11.9 Å². The van der Waals surface area contributed by atoms with Crippen molar-refractivity contribution in [1.29, 1.82) is 0 Å². The van der Waals surface area contributed by atoms with Crippen LogP contribution in [0.15, 0.2) is 53.1 Å². The van der Waals surface area contributed by atoms with E-state index < -0.39 is 0 Å². The molecule has 0 saturated carbocycles. The molecule has 2 aliphatic rings. The first kappa shape index (κ1) is 21.8. The lowest BCUT2D eigenvalue weighted by atomic mass is 10.2. The second kappa shape index (κ2) is 10.3. The number of aromatic nitrogens is 3. The molecule has 0 bridgehead atoms. The van der Waals surface area contributed by atoms with Crippen LogP contribution in [0.3, 0.4) is 0 Å². The molecule has 2 aliphatic heterocycles.